The fraction of sp³-hybridized carbons (Fsp3) is 0.800. The van der Waals surface area contributed by atoms with Crippen molar-refractivity contribution in [2.75, 3.05) is 0 Å². The van der Waals surface area contributed by atoms with Gasteiger partial charge in [0.1, 0.15) is 0 Å². The van der Waals surface area contributed by atoms with E-state index in [2.05, 4.69) is 18.8 Å². The number of ether oxygens (including phenoxy) is 1. The van der Waals surface area contributed by atoms with Crippen LogP contribution < -0.4 is 5.73 Å². The monoisotopic (exact) mass is 196 g/mol. The minimum atomic E-state index is -0.709. The van der Waals surface area contributed by atoms with E-state index in [0.717, 1.165) is 25.7 Å². The summed E-state index contributed by atoms with van der Waals surface area (Å²) in [5.41, 5.74) is 5.01. The summed E-state index contributed by atoms with van der Waals surface area (Å²) in [6, 6.07) is 0.0368. The lowest BCUT2D eigenvalue weighted by Crippen LogP contribution is -2.43. The van der Waals surface area contributed by atoms with Gasteiger partial charge in [0.15, 0.2) is 5.60 Å². The first-order valence-corrected chi connectivity index (χ1v) is 5.01. The van der Waals surface area contributed by atoms with Gasteiger partial charge in [-0.25, -0.2) is 0 Å². The standard InChI is InChI=1S/C10H16N2O2/c1-9(2)3-5-10(6-4-9)7(13)12-8(11)14-10/h3-6H2,1-2H3,(H2,11,12,13). The average molecular weight is 196 g/mol. The highest BCUT2D eigenvalue weighted by Crippen LogP contribution is 2.43. The molecule has 4 nitrogen and oxygen atoms in total. The van der Waals surface area contributed by atoms with Gasteiger partial charge in [-0.1, -0.05) is 13.8 Å². The third-order valence-corrected chi connectivity index (χ3v) is 3.31. The third-order valence-electron chi connectivity index (χ3n) is 3.31. The van der Waals surface area contributed by atoms with Crippen LogP contribution >= 0.6 is 0 Å². The fourth-order valence-electron chi connectivity index (χ4n) is 2.12. The minimum absolute atomic E-state index is 0.0368. The van der Waals surface area contributed by atoms with Crippen LogP contribution in [-0.2, 0) is 9.53 Å². The van der Waals surface area contributed by atoms with Gasteiger partial charge in [-0.05, 0) is 31.1 Å². The molecule has 0 saturated heterocycles. The molecule has 0 unspecified atom stereocenters. The van der Waals surface area contributed by atoms with Crippen LogP contribution in [0.2, 0.25) is 0 Å². The molecule has 2 rings (SSSR count). The van der Waals surface area contributed by atoms with E-state index in [1.165, 1.54) is 0 Å². The maximum atomic E-state index is 11.6. The molecule has 0 bridgehead atoms. The molecule has 14 heavy (non-hydrogen) atoms. The molecule has 0 radical (unpaired) electrons. The van der Waals surface area contributed by atoms with Gasteiger partial charge in [-0.2, -0.15) is 4.99 Å². The van der Waals surface area contributed by atoms with Crippen LogP contribution in [-0.4, -0.2) is 17.5 Å². The van der Waals surface area contributed by atoms with Crippen LogP contribution in [0.3, 0.4) is 0 Å². The summed E-state index contributed by atoms with van der Waals surface area (Å²) in [5.74, 6) is -0.189. The Morgan fingerprint density at radius 3 is 2.29 bits per heavy atom. The average Bonchev–Trinajstić information content (AvgIpc) is 2.35. The van der Waals surface area contributed by atoms with Crippen molar-refractivity contribution >= 4 is 11.9 Å². The molecule has 4 heteroatoms. The van der Waals surface area contributed by atoms with Crippen LogP contribution in [0.1, 0.15) is 39.5 Å². The molecular formula is C10H16N2O2. The molecule has 0 atom stereocenters. The van der Waals surface area contributed by atoms with Crippen LogP contribution in [0, 0.1) is 5.41 Å². The second kappa shape index (κ2) is 2.72. The highest BCUT2D eigenvalue weighted by atomic mass is 16.5. The van der Waals surface area contributed by atoms with Gasteiger partial charge >= 0.3 is 0 Å². The molecule has 1 spiro atoms. The quantitative estimate of drug-likeness (QED) is 0.633. The Morgan fingerprint density at radius 1 is 1.29 bits per heavy atom. The fourth-order valence-corrected chi connectivity index (χ4v) is 2.12. The molecule has 1 fully saturated rings. The van der Waals surface area contributed by atoms with Crippen LogP contribution in [0.25, 0.3) is 0 Å². The van der Waals surface area contributed by atoms with E-state index in [1.54, 1.807) is 0 Å². The van der Waals surface area contributed by atoms with Gasteiger partial charge in [0.2, 0.25) is 0 Å². The SMILES string of the molecule is CC1(C)CCC2(CC1)OC(N)=NC2=O. The lowest BCUT2D eigenvalue weighted by Gasteiger charge is -2.38. The zero-order chi connectivity index (χ0) is 10.4. The van der Waals surface area contributed by atoms with Gasteiger partial charge in [-0.3, -0.25) is 4.79 Å². The van der Waals surface area contributed by atoms with Gasteiger partial charge in [0, 0.05) is 0 Å². The number of nitrogens with two attached hydrogens (primary N) is 1. The maximum absolute atomic E-state index is 11.6. The van der Waals surface area contributed by atoms with Crippen molar-refractivity contribution in [3.05, 3.63) is 0 Å². The first kappa shape index (κ1) is 9.49. The van der Waals surface area contributed by atoms with Crippen LogP contribution in [0.15, 0.2) is 4.99 Å². The Hall–Kier alpha value is -1.06. The number of nitrogens with zero attached hydrogens (tertiary/aromatic N) is 1. The smallest absolute Gasteiger partial charge is 0.294 e. The molecule has 2 aliphatic rings. The zero-order valence-corrected chi connectivity index (χ0v) is 8.67. The molecule has 0 aromatic carbocycles. The van der Waals surface area contributed by atoms with Crippen molar-refractivity contribution in [1.82, 2.24) is 0 Å². The largest absolute Gasteiger partial charge is 0.448 e. The van der Waals surface area contributed by atoms with Gasteiger partial charge in [0.25, 0.3) is 11.9 Å². The van der Waals surface area contributed by atoms with Crippen LogP contribution in [0.4, 0.5) is 0 Å². The third kappa shape index (κ3) is 1.38. The predicted octanol–water partition coefficient (Wildman–Crippen LogP) is 1.20. The molecule has 1 aliphatic carbocycles. The van der Waals surface area contributed by atoms with Gasteiger partial charge < -0.3 is 10.5 Å². The van der Waals surface area contributed by atoms with E-state index in [-0.39, 0.29) is 11.9 Å². The van der Waals surface area contributed by atoms with Crippen molar-refractivity contribution < 1.29 is 9.53 Å². The number of carbonyl (C=O) groups is 1. The molecule has 0 aromatic heterocycles. The van der Waals surface area contributed by atoms with E-state index < -0.39 is 5.60 Å². The molecule has 1 amide bonds. The number of amidine groups is 1. The first-order valence-electron chi connectivity index (χ1n) is 5.01. The van der Waals surface area contributed by atoms with E-state index in [9.17, 15) is 4.79 Å². The summed E-state index contributed by atoms with van der Waals surface area (Å²) in [5, 5.41) is 0. The van der Waals surface area contributed by atoms with E-state index >= 15 is 0 Å². The van der Waals surface area contributed by atoms with Gasteiger partial charge in [0.05, 0.1) is 0 Å². The number of hydrogen-bond donors (Lipinski definition) is 1. The van der Waals surface area contributed by atoms with E-state index in [0.29, 0.717) is 5.41 Å². The van der Waals surface area contributed by atoms with E-state index in [4.69, 9.17) is 10.5 Å². The van der Waals surface area contributed by atoms with Gasteiger partial charge in [-0.15, -0.1) is 0 Å². The molecule has 78 valence electrons. The maximum Gasteiger partial charge on any atom is 0.294 e. The molecule has 0 aromatic rings. The molecule has 1 heterocycles. The number of aliphatic imine (C=N–C) groups is 1. The van der Waals surface area contributed by atoms with Crippen molar-refractivity contribution in [1.29, 1.82) is 0 Å². The Balaban J connectivity index is 2.12. The Bertz CT molecular complexity index is 297. The Morgan fingerprint density at radius 2 is 1.86 bits per heavy atom. The highest BCUT2D eigenvalue weighted by Gasteiger charge is 2.49. The number of rotatable bonds is 0. The molecule has 1 saturated carbocycles. The topological polar surface area (TPSA) is 64.7 Å². The molecule has 2 N–H and O–H groups in total. The Labute approximate surface area is 83.5 Å². The number of amides is 1. The lowest BCUT2D eigenvalue weighted by molar-refractivity contribution is -0.135. The second-order valence-corrected chi connectivity index (χ2v) is 5.02. The summed E-state index contributed by atoms with van der Waals surface area (Å²) in [7, 11) is 0. The van der Waals surface area contributed by atoms with Crippen molar-refractivity contribution in [2.45, 2.75) is 45.1 Å². The van der Waals surface area contributed by atoms with Crippen molar-refractivity contribution in [2.24, 2.45) is 16.1 Å². The Kier molecular flexibility index (Phi) is 1.84. The summed E-state index contributed by atoms with van der Waals surface area (Å²) >= 11 is 0. The normalized spacial score (nSPS) is 28.7. The minimum Gasteiger partial charge on any atom is -0.448 e. The number of hydrogen-bond acceptors (Lipinski definition) is 3. The lowest BCUT2D eigenvalue weighted by atomic mass is 9.71. The molecular weight excluding hydrogens is 180 g/mol. The summed E-state index contributed by atoms with van der Waals surface area (Å²) in [4.78, 5) is 15.2. The zero-order valence-electron chi connectivity index (χ0n) is 8.67. The van der Waals surface area contributed by atoms with E-state index in [1.807, 2.05) is 0 Å². The summed E-state index contributed by atoms with van der Waals surface area (Å²) < 4.78 is 5.37. The predicted molar refractivity (Wildman–Crippen MR) is 52.7 cm³/mol. The van der Waals surface area contributed by atoms with Crippen molar-refractivity contribution in [3.63, 3.8) is 0 Å². The first-order chi connectivity index (χ1) is 6.44. The second-order valence-electron chi connectivity index (χ2n) is 5.02. The highest BCUT2D eigenvalue weighted by molar-refractivity contribution is 6.00. The molecule has 1 aliphatic heterocycles. The van der Waals surface area contributed by atoms with Crippen LogP contribution in [0.5, 0.6) is 0 Å². The summed E-state index contributed by atoms with van der Waals surface area (Å²) in [6.45, 7) is 4.42. The van der Waals surface area contributed by atoms with Crippen molar-refractivity contribution in [3.8, 4) is 0 Å². The number of carbonyl (C=O) groups excluding carboxylic acids is 1. The summed E-state index contributed by atoms with van der Waals surface area (Å²) in [6.07, 6.45) is 3.45.